The molecule has 0 fully saturated rings. The number of aliphatic imine (C=N–C) groups is 1. The Morgan fingerprint density at radius 3 is 2.48 bits per heavy atom. The quantitative estimate of drug-likeness (QED) is 0.879. The van der Waals surface area contributed by atoms with Crippen LogP contribution in [0.3, 0.4) is 0 Å². The summed E-state index contributed by atoms with van der Waals surface area (Å²) in [5.41, 5.74) is 2.08. The Morgan fingerprint density at radius 1 is 1.10 bits per heavy atom. The number of nitrogens with zero attached hydrogens (tertiary/aromatic N) is 3. The number of ether oxygens (including phenoxy) is 1. The van der Waals surface area contributed by atoms with Crippen LogP contribution in [0, 0.1) is 0 Å². The normalized spacial score (nSPS) is 18.2. The zero-order valence-corrected chi connectivity index (χ0v) is 12.6. The van der Waals surface area contributed by atoms with Crippen LogP contribution in [0.15, 0.2) is 59.6 Å². The molecule has 3 rings (SSSR count). The van der Waals surface area contributed by atoms with Gasteiger partial charge in [-0.25, -0.2) is 4.99 Å². The lowest BCUT2D eigenvalue weighted by molar-refractivity contribution is 0.287. The predicted molar refractivity (Wildman–Crippen MR) is 88.7 cm³/mol. The van der Waals surface area contributed by atoms with Crippen molar-refractivity contribution in [1.82, 2.24) is 5.01 Å². The van der Waals surface area contributed by atoms with Gasteiger partial charge in [0.2, 0.25) is 0 Å². The molecule has 1 aliphatic rings. The van der Waals surface area contributed by atoms with Crippen LogP contribution in [-0.4, -0.2) is 24.0 Å². The molecule has 1 atom stereocenters. The van der Waals surface area contributed by atoms with E-state index in [-0.39, 0.29) is 5.50 Å². The maximum atomic E-state index is 5.19. The molecule has 2 aromatic carbocycles. The summed E-state index contributed by atoms with van der Waals surface area (Å²) >= 11 is 4.53. The minimum atomic E-state index is -0.174. The molecule has 4 nitrogen and oxygen atoms in total. The molecule has 1 aliphatic heterocycles. The van der Waals surface area contributed by atoms with E-state index in [1.807, 2.05) is 53.8 Å². The van der Waals surface area contributed by atoms with Crippen molar-refractivity contribution in [2.24, 2.45) is 4.99 Å². The summed E-state index contributed by atoms with van der Waals surface area (Å²) in [6, 6.07) is 18.2. The highest BCUT2D eigenvalue weighted by Crippen LogP contribution is 2.26. The molecule has 108 valence electrons. The van der Waals surface area contributed by atoms with Crippen molar-refractivity contribution < 1.29 is 4.74 Å². The van der Waals surface area contributed by atoms with Crippen molar-refractivity contribution in [1.29, 1.82) is 0 Å². The molecule has 0 saturated heterocycles. The van der Waals surface area contributed by atoms with E-state index in [4.69, 9.17) is 4.74 Å². The summed E-state index contributed by atoms with van der Waals surface area (Å²) in [5.74, 6) is 0.840. The summed E-state index contributed by atoms with van der Waals surface area (Å²) in [6.07, 6.45) is 1.81. The number of hydrogen-bond donors (Lipinski definition) is 1. The van der Waals surface area contributed by atoms with E-state index in [2.05, 4.69) is 34.8 Å². The van der Waals surface area contributed by atoms with Crippen LogP contribution in [0.1, 0.15) is 5.56 Å². The van der Waals surface area contributed by atoms with Crippen molar-refractivity contribution in [3.63, 3.8) is 0 Å². The molecule has 1 unspecified atom stereocenters. The van der Waals surface area contributed by atoms with Crippen LogP contribution < -0.4 is 9.75 Å². The Kier molecular flexibility index (Phi) is 4.13. The average molecular weight is 299 g/mol. The smallest absolute Gasteiger partial charge is 0.165 e. The van der Waals surface area contributed by atoms with Crippen molar-refractivity contribution in [3.05, 3.63) is 60.2 Å². The van der Waals surface area contributed by atoms with Crippen LogP contribution >= 0.6 is 12.6 Å². The highest BCUT2D eigenvalue weighted by atomic mass is 32.1. The number of hydrazine groups is 1. The molecule has 5 heteroatoms. The first kappa shape index (κ1) is 14.0. The van der Waals surface area contributed by atoms with Gasteiger partial charge in [-0.2, -0.15) is 5.01 Å². The minimum absolute atomic E-state index is 0.174. The van der Waals surface area contributed by atoms with E-state index >= 15 is 0 Å². The first-order valence-electron chi connectivity index (χ1n) is 6.73. The van der Waals surface area contributed by atoms with Gasteiger partial charge in [-0.1, -0.05) is 30.3 Å². The highest BCUT2D eigenvalue weighted by Gasteiger charge is 2.26. The lowest BCUT2D eigenvalue weighted by Gasteiger charge is -2.30. The van der Waals surface area contributed by atoms with E-state index in [1.54, 1.807) is 7.11 Å². The van der Waals surface area contributed by atoms with Gasteiger partial charge in [0.25, 0.3) is 0 Å². The minimum Gasteiger partial charge on any atom is -0.497 e. The molecule has 0 bridgehead atoms. The molecular weight excluding hydrogens is 282 g/mol. The molecule has 0 N–H and O–H groups in total. The highest BCUT2D eigenvalue weighted by molar-refractivity contribution is 7.80. The summed E-state index contributed by atoms with van der Waals surface area (Å²) in [6.45, 7) is 0.751. The molecule has 0 aliphatic carbocycles. The molecule has 0 amide bonds. The lowest BCUT2D eigenvalue weighted by Crippen LogP contribution is -2.39. The van der Waals surface area contributed by atoms with Gasteiger partial charge in [0, 0.05) is 6.54 Å². The van der Waals surface area contributed by atoms with Gasteiger partial charge in [-0.15, -0.1) is 12.6 Å². The summed E-state index contributed by atoms with van der Waals surface area (Å²) < 4.78 is 5.19. The van der Waals surface area contributed by atoms with Crippen LogP contribution in [0.25, 0.3) is 0 Å². The van der Waals surface area contributed by atoms with Crippen molar-refractivity contribution in [3.8, 4) is 5.75 Å². The molecule has 1 heterocycles. The number of rotatable bonds is 4. The first-order valence-corrected chi connectivity index (χ1v) is 7.25. The third-order valence-electron chi connectivity index (χ3n) is 3.38. The Labute approximate surface area is 130 Å². The van der Waals surface area contributed by atoms with Crippen LogP contribution in [-0.2, 0) is 6.54 Å². The average Bonchev–Trinajstić information content (AvgIpc) is 2.90. The number of hydrogen-bond acceptors (Lipinski definition) is 5. The fraction of sp³-hybridized carbons (Fsp3) is 0.188. The zero-order chi connectivity index (χ0) is 14.7. The molecule has 21 heavy (non-hydrogen) atoms. The monoisotopic (exact) mass is 299 g/mol. The Morgan fingerprint density at radius 2 is 1.81 bits per heavy atom. The van der Waals surface area contributed by atoms with Gasteiger partial charge < -0.3 is 4.74 Å². The molecule has 0 radical (unpaired) electrons. The molecule has 2 aromatic rings. The summed E-state index contributed by atoms with van der Waals surface area (Å²) in [5, 5.41) is 4.12. The maximum Gasteiger partial charge on any atom is 0.165 e. The van der Waals surface area contributed by atoms with Gasteiger partial charge in [0.05, 0.1) is 12.8 Å². The van der Waals surface area contributed by atoms with Crippen LogP contribution in [0.5, 0.6) is 5.75 Å². The molecule has 0 saturated carbocycles. The SMILES string of the molecule is COc1ccc(N2C=NC(S)N2Cc2ccccc2)cc1. The topological polar surface area (TPSA) is 28.1 Å². The Balaban J connectivity index is 1.81. The predicted octanol–water partition coefficient (Wildman–Crippen LogP) is 3.17. The second kappa shape index (κ2) is 6.20. The third-order valence-corrected chi connectivity index (χ3v) is 3.78. The van der Waals surface area contributed by atoms with E-state index < -0.39 is 0 Å². The van der Waals surface area contributed by atoms with Crippen LogP contribution in [0.2, 0.25) is 0 Å². The van der Waals surface area contributed by atoms with E-state index in [9.17, 15) is 0 Å². The first-order chi connectivity index (χ1) is 10.3. The van der Waals surface area contributed by atoms with Crippen molar-refractivity contribution >= 4 is 24.7 Å². The lowest BCUT2D eigenvalue weighted by atomic mass is 10.2. The van der Waals surface area contributed by atoms with Gasteiger partial charge in [0.15, 0.2) is 5.50 Å². The summed E-state index contributed by atoms with van der Waals surface area (Å²) in [4.78, 5) is 4.37. The van der Waals surface area contributed by atoms with Gasteiger partial charge in [0.1, 0.15) is 12.1 Å². The summed E-state index contributed by atoms with van der Waals surface area (Å²) in [7, 11) is 1.66. The maximum absolute atomic E-state index is 5.19. The number of methoxy groups -OCH3 is 1. The van der Waals surface area contributed by atoms with Crippen molar-refractivity contribution in [2.45, 2.75) is 12.0 Å². The Hall–Kier alpha value is -1.98. The van der Waals surface area contributed by atoms with E-state index in [0.717, 1.165) is 18.0 Å². The number of thiol groups is 1. The van der Waals surface area contributed by atoms with Gasteiger partial charge >= 0.3 is 0 Å². The third kappa shape index (κ3) is 3.04. The molecule has 0 aromatic heterocycles. The molecular formula is C16H17N3OS. The zero-order valence-electron chi connectivity index (χ0n) is 11.8. The number of anilines is 1. The number of benzene rings is 2. The largest absolute Gasteiger partial charge is 0.497 e. The standard InChI is InChI=1S/C16H17N3OS/c1-20-15-9-7-14(8-10-15)19-12-17-16(21)18(19)11-13-5-3-2-4-6-13/h2-10,12,16,21H,11H2,1H3. The molecule has 0 spiro atoms. The fourth-order valence-electron chi connectivity index (χ4n) is 2.26. The second-order valence-electron chi connectivity index (χ2n) is 4.74. The van der Waals surface area contributed by atoms with Crippen molar-refractivity contribution in [2.75, 3.05) is 12.1 Å². The fourth-order valence-corrected chi connectivity index (χ4v) is 2.51. The van der Waals surface area contributed by atoms with E-state index in [0.29, 0.717) is 0 Å². The van der Waals surface area contributed by atoms with Gasteiger partial charge in [-0.3, -0.25) is 5.01 Å². The van der Waals surface area contributed by atoms with Gasteiger partial charge in [-0.05, 0) is 29.8 Å². The second-order valence-corrected chi connectivity index (χ2v) is 5.20. The Bertz CT molecular complexity index is 615. The van der Waals surface area contributed by atoms with Crippen LogP contribution in [0.4, 0.5) is 5.69 Å². The van der Waals surface area contributed by atoms with E-state index in [1.165, 1.54) is 5.56 Å².